The van der Waals surface area contributed by atoms with Gasteiger partial charge in [0.05, 0.1) is 14.2 Å². The molecule has 0 aliphatic carbocycles. The van der Waals surface area contributed by atoms with Gasteiger partial charge in [-0.25, -0.2) is 4.98 Å². The van der Waals surface area contributed by atoms with Gasteiger partial charge in [0, 0.05) is 24.7 Å². The molecule has 1 aromatic heterocycles. The monoisotopic (exact) mass is 411 g/mol. The highest BCUT2D eigenvalue weighted by Crippen LogP contribution is 2.26. The molecule has 0 atom stereocenters. The van der Waals surface area contributed by atoms with E-state index in [4.69, 9.17) is 9.47 Å². The first-order valence-corrected chi connectivity index (χ1v) is 10.1. The predicted octanol–water partition coefficient (Wildman–Crippen LogP) is 4.79. The maximum Gasteiger partial charge on any atom is 0.273 e. The molecule has 0 saturated carbocycles. The lowest BCUT2D eigenvalue weighted by Gasteiger charge is -2.18. The number of thiazole rings is 1. The normalized spacial score (nSPS) is 10.5. The average Bonchev–Trinajstić information content (AvgIpc) is 3.16. The van der Waals surface area contributed by atoms with Crippen molar-refractivity contribution in [3.63, 3.8) is 0 Å². The third-order valence-corrected chi connectivity index (χ3v) is 5.31. The van der Waals surface area contributed by atoms with Crippen LogP contribution in [0.3, 0.4) is 0 Å². The Labute approximate surface area is 175 Å². The van der Waals surface area contributed by atoms with E-state index in [-0.39, 0.29) is 5.91 Å². The summed E-state index contributed by atoms with van der Waals surface area (Å²) in [5, 5.41) is 5.66. The first-order valence-electron chi connectivity index (χ1n) is 9.17. The highest BCUT2D eigenvalue weighted by Gasteiger charge is 2.17. The average molecular weight is 412 g/mol. The third kappa shape index (κ3) is 4.86. The van der Waals surface area contributed by atoms with E-state index in [1.54, 1.807) is 31.5 Å². The number of aromatic nitrogens is 1. The van der Waals surface area contributed by atoms with Crippen molar-refractivity contribution in [3.05, 3.63) is 64.2 Å². The zero-order chi connectivity index (χ0) is 21.0. The van der Waals surface area contributed by atoms with Gasteiger partial charge in [0.25, 0.3) is 5.91 Å². The maximum absolute atomic E-state index is 12.8. The lowest BCUT2D eigenvalue weighted by atomic mass is 10.1. The van der Waals surface area contributed by atoms with Gasteiger partial charge in [-0.1, -0.05) is 12.1 Å². The molecule has 0 radical (unpaired) electrons. The Balaban J connectivity index is 1.67. The van der Waals surface area contributed by atoms with Crippen molar-refractivity contribution in [2.75, 3.05) is 26.6 Å². The second-order valence-electron chi connectivity index (χ2n) is 6.82. The summed E-state index contributed by atoms with van der Waals surface area (Å²) in [5.41, 5.74) is 4.49. The Morgan fingerprint density at radius 2 is 1.76 bits per heavy atom. The number of ether oxygens (including phenoxy) is 2. The number of methoxy groups -OCH3 is 2. The van der Waals surface area contributed by atoms with E-state index in [1.807, 2.05) is 50.2 Å². The summed E-state index contributed by atoms with van der Waals surface area (Å²) in [6, 6.07) is 11.6. The molecule has 152 valence electrons. The predicted molar refractivity (Wildman–Crippen MR) is 117 cm³/mol. The van der Waals surface area contributed by atoms with Gasteiger partial charge < -0.3 is 19.7 Å². The van der Waals surface area contributed by atoms with Gasteiger partial charge in [-0.3, -0.25) is 4.79 Å². The lowest BCUT2D eigenvalue weighted by Crippen LogP contribution is -2.26. The Kier molecular flexibility index (Phi) is 6.39. The number of nitrogens with zero attached hydrogens (tertiary/aromatic N) is 2. The molecule has 0 bridgehead atoms. The summed E-state index contributed by atoms with van der Waals surface area (Å²) in [6.45, 7) is 4.52. The van der Waals surface area contributed by atoms with Crippen LogP contribution in [0.1, 0.15) is 27.2 Å². The summed E-state index contributed by atoms with van der Waals surface area (Å²) in [6.07, 6.45) is 0. The minimum atomic E-state index is -0.116. The number of hydrogen-bond donors (Lipinski definition) is 1. The van der Waals surface area contributed by atoms with Crippen LogP contribution in [0, 0.1) is 13.8 Å². The molecule has 1 N–H and O–H groups in total. The molecular weight excluding hydrogens is 386 g/mol. The molecule has 2 aromatic carbocycles. The van der Waals surface area contributed by atoms with Crippen molar-refractivity contribution in [2.45, 2.75) is 20.4 Å². The minimum absolute atomic E-state index is 0.116. The summed E-state index contributed by atoms with van der Waals surface area (Å²) >= 11 is 1.40. The van der Waals surface area contributed by atoms with E-state index >= 15 is 0 Å². The van der Waals surface area contributed by atoms with Crippen LogP contribution in [0.2, 0.25) is 0 Å². The van der Waals surface area contributed by atoms with Crippen LogP contribution in [0.15, 0.2) is 41.8 Å². The molecule has 29 heavy (non-hydrogen) atoms. The van der Waals surface area contributed by atoms with Gasteiger partial charge in [-0.15, -0.1) is 11.3 Å². The van der Waals surface area contributed by atoms with Gasteiger partial charge in [0.1, 0.15) is 17.2 Å². The van der Waals surface area contributed by atoms with Gasteiger partial charge >= 0.3 is 0 Å². The fourth-order valence-corrected chi connectivity index (χ4v) is 3.93. The number of hydrogen-bond acceptors (Lipinski definition) is 6. The molecular formula is C22H25N3O3S. The van der Waals surface area contributed by atoms with E-state index in [1.165, 1.54) is 11.3 Å². The number of benzene rings is 2. The van der Waals surface area contributed by atoms with Gasteiger partial charge in [0.2, 0.25) is 0 Å². The number of nitrogens with one attached hydrogen (secondary N) is 1. The van der Waals surface area contributed by atoms with Gasteiger partial charge in [-0.2, -0.15) is 0 Å². The van der Waals surface area contributed by atoms with Crippen LogP contribution < -0.4 is 14.8 Å². The van der Waals surface area contributed by atoms with E-state index in [0.717, 1.165) is 33.9 Å². The topological polar surface area (TPSA) is 63.7 Å². The van der Waals surface area contributed by atoms with Crippen LogP contribution in [0.4, 0.5) is 10.8 Å². The molecule has 0 fully saturated rings. The molecule has 1 heterocycles. The quantitative estimate of drug-likeness (QED) is 0.605. The number of rotatable bonds is 7. The van der Waals surface area contributed by atoms with E-state index in [2.05, 4.69) is 10.3 Å². The van der Waals surface area contributed by atoms with Crippen LogP contribution in [0.25, 0.3) is 0 Å². The minimum Gasteiger partial charge on any atom is -0.497 e. The molecule has 0 saturated heterocycles. The second-order valence-corrected chi connectivity index (χ2v) is 7.67. The van der Waals surface area contributed by atoms with Gasteiger partial charge in [0.15, 0.2) is 5.13 Å². The van der Waals surface area contributed by atoms with Crippen molar-refractivity contribution in [2.24, 2.45) is 0 Å². The molecule has 0 aliphatic rings. The lowest BCUT2D eigenvalue weighted by molar-refractivity contribution is 0.0780. The number of carbonyl (C=O) groups is 1. The van der Waals surface area contributed by atoms with Crippen molar-refractivity contribution in [1.82, 2.24) is 9.88 Å². The Morgan fingerprint density at radius 3 is 2.34 bits per heavy atom. The summed E-state index contributed by atoms with van der Waals surface area (Å²) < 4.78 is 10.6. The first-order chi connectivity index (χ1) is 13.9. The SMILES string of the molecule is COc1ccc(Nc2nc(C(=O)N(C)Cc3cc(C)c(OC)c(C)c3)cs2)cc1. The van der Waals surface area contributed by atoms with Crippen LogP contribution in [-0.4, -0.2) is 37.1 Å². The van der Waals surface area contributed by atoms with Crippen LogP contribution >= 0.6 is 11.3 Å². The summed E-state index contributed by atoms with van der Waals surface area (Å²) in [5.74, 6) is 1.56. The highest BCUT2D eigenvalue weighted by atomic mass is 32.1. The molecule has 3 aromatic rings. The Morgan fingerprint density at radius 1 is 1.10 bits per heavy atom. The highest BCUT2D eigenvalue weighted by molar-refractivity contribution is 7.14. The second kappa shape index (κ2) is 8.96. The Bertz CT molecular complexity index is 976. The summed E-state index contributed by atoms with van der Waals surface area (Å²) in [4.78, 5) is 18.9. The van der Waals surface area contributed by atoms with E-state index < -0.39 is 0 Å². The molecule has 0 aliphatic heterocycles. The number of anilines is 2. The molecule has 3 rings (SSSR count). The van der Waals surface area contributed by atoms with Crippen LogP contribution in [0.5, 0.6) is 11.5 Å². The zero-order valence-corrected chi connectivity index (χ0v) is 18.1. The standard InChI is InChI=1S/C22H25N3O3S/c1-14-10-16(11-15(2)20(14)28-5)12-25(3)21(26)19-13-29-22(24-19)23-17-6-8-18(27-4)9-7-17/h6-11,13H,12H2,1-5H3,(H,23,24). The van der Waals surface area contributed by atoms with E-state index in [9.17, 15) is 4.79 Å². The van der Waals surface area contributed by atoms with Crippen molar-refractivity contribution < 1.29 is 14.3 Å². The molecule has 0 spiro atoms. The number of amides is 1. The number of aryl methyl sites for hydroxylation is 2. The van der Waals surface area contributed by atoms with E-state index in [0.29, 0.717) is 17.4 Å². The van der Waals surface area contributed by atoms with Gasteiger partial charge in [-0.05, 0) is 54.8 Å². The molecule has 6 nitrogen and oxygen atoms in total. The molecule has 1 amide bonds. The van der Waals surface area contributed by atoms with Crippen molar-refractivity contribution in [3.8, 4) is 11.5 Å². The van der Waals surface area contributed by atoms with Crippen LogP contribution in [-0.2, 0) is 6.54 Å². The molecule has 7 heteroatoms. The van der Waals surface area contributed by atoms with Crippen molar-refractivity contribution >= 4 is 28.1 Å². The zero-order valence-electron chi connectivity index (χ0n) is 17.3. The fourth-order valence-electron chi connectivity index (χ4n) is 3.22. The maximum atomic E-state index is 12.8. The third-order valence-electron chi connectivity index (χ3n) is 4.56. The largest absolute Gasteiger partial charge is 0.497 e. The fraction of sp³-hybridized carbons (Fsp3) is 0.273. The molecule has 0 unspecified atom stereocenters. The number of carbonyl (C=O) groups excluding carboxylic acids is 1. The smallest absolute Gasteiger partial charge is 0.273 e. The summed E-state index contributed by atoms with van der Waals surface area (Å²) in [7, 11) is 5.09. The first kappa shape index (κ1) is 20.7. The van der Waals surface area contributed by atoms with Crippen molar-refractivity contribution in [1.29, 1.82) is 0 Å². The Hall–Kier alpha value is -3.06.